The molecule has 0 amide bonds. The van der Waals surface area contributed by atoms with Gasteiger partial charge >= 0.3 is 0 Å². The number of phenolic OH excluding ortho intramolecular Hbond substituents is 1. The molecular weight excluding hydrogens is 314 g/mol. The highest BCUT2D eigenvalue weighted by atomic mass is 19.1. The number of halogens is 2. The van der Waals surface area contributed by atoms with Gasteiger partial charge in [0.2, 0.25) is 0 Å². The van der Waals surface area contributed by atoms with Crippen LogP contribution in [0.2, 0.25) is 0 Å². The fourth-order valence-corrected chi connectivity index (χ4v) is 3.12. The molecule has 0 radical (unpaired) electrons. The van der Waals surface area contributed by atoms with Crippen molar-refractivity contribution in [3.05, 3.63) is 42.1 Å². The first kappa shape index (κ1) is 16.5. The monoisotopic (exact) mass is 332 g/mol. The summed E-state index contributed by atoms with van der Waals surface area (Å²) in [6.07, 6.45) is 2.59. The van der Waals surface area contributed by atoms with Crippen LogP contribution in [0.5, 0.6) is 5.75 Å². The van der Waals surface area contributed by atoms with Gasteiger partial charge in [0.25, 0.3) is 0 Å². The highest BCUT2D eigenvalue weighted by Crippen LogP contribution is 2.33. The van der Waals surface area contributed by atoms with Crippen molar-refractivity contribution >= 4 is 0 Å². The Bertz CT molecular complexity index is 740. The summed E-state index contributed by atoms with van der Waals surface area (Å²) in [7, 11) is 0. The Hall–Kier alpha value is -2.39. The maximum Gasteiger partial charge on any atom is 0.128 e. The minimum Gasteiger partial charge on any atom is -0.507 e. The topological polar surface area (TPSA) is 60.4 Å². The van der Waals surface area contributed by atoms with Gasteiger partial charge in [-0.1, -0.05) is 0 Å². The molecule has 1 aromatic heterocycles. The minimum absolute atomic E-state index is 0.0380. The molecule has 1 aromatic carbocycles. The van der Waals surface area contributed by atoms with Gasteiger partial charge < -0.3 is 9.52 Å². The molecular formula is C18H18F2N2O2. The Labute approximate surface area is 138 Å². The lowest BCUT2D eigenvalue weighted by atomic mass is 9.92. The molecule has 1 aliphatic rings. The first-order chi connectivity index (χ1) is 11.6. The van der Waals surface area contributed by atoms with Crippen LogP contribution >= 0.6 is 0 Å². The van der Waals surface area contributed by atoms with E-state index in [2.05, 4.69) is 0 Å². The van der Waals surface area contributed by atoms with Crippen molar-refractivity contribution in [1.82, 2.24) is 4.90 Å². The minimum atomic E-state index is -1.08. The fourth-order valence-electron chi connectivity index (χ4n) is 3.12. The van der Waals surface area contributed by atoms with E-state index in [1.807, 2.05) is 11.0 Å². The zero-order valence-corrected chi connectivity index (χ0v) is 13.1. The van der Waals surface area contributed by atoms with Crippen molar-refractivity contribution in [2.45, 2.75) is 25.6 Å². The van der Waals surface area contributed by atoms with Crippen LogP contribution in [0.15, 0.2) is 35.1 Å². The summed E-state index contributed by atoms with van der Waals surface area (Å²) in [6, 6.07) is 6.30. The zero-order valence-electron chi connectivity index (χ0n) is 13.1. The molecule has 1 aliphatic heterocycles. The quantitative estimate of drug-likeness (QED) is 0.923. The number of hydrogen-bond acceptors (Lipinski definition) is 4. The Morgan fingerprint density at radius 1 is 1.42 bits per heavy atom. The van der Waals surface area contributed by atoms with Crippen LogP contribution in [-0.4, -0.2) is 29.3 Å². The fraction of sp³-hybridized carbons (Fsp3) is 0.389. The summed E-state index contributed by atoms with van der Waals surface area (Å²) in [5.41, 5.74) is 1.28. The SMILES string of the molecule is N#CCC1CCN(Cc2cc(O)c(-c3ccoc3)cc2F)CC1F. The molecule has 0 aliphatic carbocycles. The third-order valence-corrected chi connectivity index (χ3v) is 4.50. The highest BCUT2D eigenvalue weighted by Gasteiger charge is 2.29. The van der Waals surface area contributed by atoms with Crippen LogP contribution in [0.4, 0.5) is 8.78 Å². The van der Waals surface area contributed by atoms with E-state index in [1.54, 1.807) is 6.07 Å². The predicted octanol–water partition coefficient (Wildman–Crippen LogP) is 3.86. The Kier molecular flexibility index (Phi) is 4.81. The number of furan rings is 1. The van der Waals surface area contributed by atoms with E-state index in [4.69, 9.17) is 9.68 Å². The lowest BCUT2D eigenvalue weighted by Crippen LogP contribution is -2.41. The van der Waals surface area contributed by atoms with Gasteiger partial charge in [-0.25, -0.2) is 8.78 Å². The van der Waals surface area contributed by atoms with Gasteiger partial charge in [-0.15, -0.1) is 0 Å². The van der Waals surface area contributed by atoms with Crippen molar-refractivity contribution in [2.24, 2.45) is 5.92 Å². The Morgan fingerprint density at radius 2 is 2.25 bits per heavy atom. The van der Waals surface area contributed by atoms with Gasteiger partial charge in [0.05, 0.1) is 18.6 Å². The number of piperidine rings is 1. The molecule has 0 spiro atoms. The van der Waals surface area contributed by atoms with Gasteiger partial charge in [0.15, 0.2) is 0 Å². The molecule has 0 saturated carbocycles. The lowest BCUT2D eigenvalue weighted by Gasteiger charge is -2.33. The van der Waals surface area contributed by atoms with Crippen LogP contribution in [0.25, 0.3) is 11.1 Å². The molecule has 0 bridgehead atoms. The van der Waals surface area contributed by atoms with Gasteiger partial charge in [-0.3, -0.25) is 4.90 Å². The zero-order chi connectivity index (χ0) is 17.1. The van der Waals surface area contributed by atoms with Crippen LogP contribution in [0.1, 0.15) is 18.4 Å². The van der Waals surface area contributed by atoms with Gasteiger partial charge in [-0.05, 0) is 31.2 Å². The molecule has 2 aromatic rings. The normalized spacial score (nSPS) is 21.5. The van der Waals surface area contributed by atoms with Crippen molar-refractivity contribution in [2.75, 3.05) is 13.1 Å². The summed E-state index contributed by atoms with van der Waals surface area (Å²) in [4.78, 5) is 1.81. The Morgan fingerprint density at radius 3 is 2.92 bits per heavy atom. The Balaban J connectivity index is 1.72. The molecule has 1 N–H and O–H groups in total. The molecule has 2 heterocycles. The van der Waals surface area contributed by atoms with Crippen LogP contribution < -0.4 is 0 Å². The smallest absolute Gasteiger partial charge is 0.128 e. The van der Waals surface area contributed by atoms with E-state index in [9.17, 15) is 13.9 Å². The summed E-state index contributed by atoms with van der Waals surface area (Å²) in [5.74, 6) is -0.726. The average molecular weight is 332 g/mol. The maximum absolute atomic E-state index is 14.4. The standard InChI is InChI=1S/C18H18F2N2O2/c19-16-8-15(13-3-6-24-11-13)18(23)7-14(16)9-22-5-2-12(1-4-21)17(20)10-22/h3,6-8,11-12,17,23H,1-2,5,9-10H2. The highest BCUT2D eigenvalue weighted by molar-refractivity contribution is 5.69. The summed E-state index contributed by atoms with van der Waals surface area (Å²) < 4.78 is 33.4. The molecule has 1 saturated heterocycles. The van der Waals surface area contributed by atoms with Crippen molar-refractivity contribution in [3.8, 4) is 22.9 Å². The molecule has 126 valence electrons. The summed E-state index contributed by atoms with van der Waals surface area (Å²) in [6.45, 7) is 1.01. The maximum atomic E-state index is 14.4. The van der Waals surface area contributed by atoms with Gasteiger partial charge in [-0.2, -0.15) is 5.26 Å². The molecule has 24 heavy (non-hydrogen) atoms. The van der Waals surface area contributed by atoms with Crippen molar-refractivity contribution in [1.29, 1.82) is 5.26 Å². The van der Waals surface area contributed by atoms with E-state index in [-0.39, 0.29) is 31.2 Å². The van der Waals surface area contributed by atoms with E-state index in [0.717, 1.165) is 0 Å². The largest absolute Gasteiger partial charge is 0.507 e. The number of benzene rings is 1. The second-order valence-corrected chi connectivity index (χ2v) is 6.13. The van der Waals surface area contributed by atoms with E-state index < -0.39 is 12.0 Å². The second kappa shape index (κ2) is 7.02. The van der Waals surface area contributed by atoms with E-state index in [0.29, 0.717) is 29.7 Å². The number of likely N-dealkylation sites (tertiary alicyclic amines) is 1. The van der Waals surface area contributed by atoms with E-state index >= 15 is 0 Å². The number of nitriles is 1. The number of phenols is 1. The average Bonchev–Trinajstić information content (AvgIpc) is 3.07. The molecule has 3 rings (SSSR count). The van der Waals surface area contributed by atoms with E-state index in [1.165, 1.54) is 24.7 Å². The molecule has 2 unspecified atom stereocenters. The lowest BCUT2D eigenvalue weighted by molar-refractivity contribution is 0.0814. The van der Waals surface area contributed by atoms with Gasteiger partial charge in [0.1, 0.15) is 17.7 Å². The van der Waals surface area contributed by atoms with Crippen molar-refractivity contribution in [3.63, 3.8) is 0 Å². The first-order valence-electron chi connectivity index (χ1n) is 7.86. The van der Waals surface area contributed by atoms with Crippen LogP contribution in [0.3, 0.4) is 0 Å². The number of alkyl halides is 1. The molecule has 6 heteroatoms. The summed E-state index contributed by atoms with van der Waals surface area (Å²) in [5, 5.41) is 18.8. The number of aromatic hydroxyl groups is 1. The van der Waals surface area contributed by atoms with Crippen LogP contribution in [0, 0.1) is 23.1 Å². The molecule has 4 nitrogen and oxygen atoms in total. The number of hydrogen-bond donors (Lipinski definition) is 1. The molecule has 2 atom stereocenters. The number of rotatable bonds is 4. The third-order valence-electron chi connectivity index (χ3n) is 4.50. The van der Waals surface area contributed by atoms with Gasteiger partial charge in [0, 0.05) is 42.1 Å². The third kappa shape index (κ3) is 3.41. The first-order valence-corrected chi connectivity index (χ1v) is 7.86. The van der Waals surface area contributed by atoms with Crippen molar-refractivity contribution < 1.29 is 18.3 Å². The second-order valence-electron chi connectivity index (χ2n) is 6.13. The van der Waals surface area contributed by atoms with Crippen LogP contribution in [-0.2, 0) is 6.54 Å². The predicted molar refractivity (Wildman–Crippen MR) is 84.3 cm³/mol. The summed E-state index contributed by atoms with van der Waals surface area (Å²) >= 11 is 0. The molecule has 1 fully saturated rings. The number of nitrogens with zero attached hydrogens (tertiary/aromatic N) is 2.